The molecule has 0 amide bonds. The van der Waals surface area contributed by atoms with Crippen LogP contribution in [0, 0.1) is 11.3 Å². The van der Waals surface area contributed by atoms with Crippen LogP contribution in [0.5, 0.6) is 5.75 Å². The van der Waals surface area contributed by atoms with Gasteiger partial charge in [0.15, 0.2) is 6.61 Å². The van der Waals surface area contributed by atoms with Crippen LogP contribution in [-0.2, 0) is 19.5 Å². The molecular formula is C15H17N3O2. The quantitative estimate of drug-likeness (QED) is 0.837. The predicted molar refractivity (Wildman–Crippen MR) is 74.0 cm³/mol. The molecule has 1 N–H and O–H groups in total. The Kier molecular flexibility index (Phi) is 5.15. The van der Waals surface area contributed by atoms with Crippen molar-refractivity contribution in [3.8, 4) is 11.8 Å². The van der Waals surface area contributed by atoms with Crippen molar-refractivity contribution >= 4 is 0 Å². The van der Waals surface area contributed by atoms with Crippen LogP contribution in [0.25, 0.3) is 0 Å². The van der Waals surface area contributed by atoms with Gasteiger partial charge in [0.25, 0.3) is 0 Å². The average Bonchev–Trinajstić information content (AvgIpc) is 2.93. The van der Waals surface area contributed by atoms with Gasteiger partial charge in [-0.2, -0.15) is 5.26 Å². The second-order valence-electron chi connectivity index (χ2n) is 4.27. The molecule has 0 aliphatic rings. The van der Waals surface area contributed by atoms with Gasteiger partial charge in [-0.15, -0.1) is 0 Å². The van der Waals surface area contributed by atoms with Crippen LogP contribution in [-0.4, -0.2) is 11.6 Å². The van der Waals surface area contributed by atoms with Crippen LogP contribution in [0.3, 0.4) is 0 Å². The number of hydrogen-bond donors (Lipinski definition) is 1. The van der Waals surface area contributed by atoms with E-state index in [4.69, 9.17) is 14.4 Å². The van der Waals surface area contributed by atoms with Gasteiger partial charge in [0.2, 0.25) is 5.89 Å². The van der Waals surface area contributed by atoms with Gasteiger partial charge < -0.3 is 14.5 Å². The SMILES string of the molecule is CCc1cnc(CNCc2cccc(OCC#N)c2)o1. The predicted octanol–water partition coefficient (Wildman–Crippen LogP) is 2.43. The van der Waals surface area contributed by atoms with Crippen LogP contribution < -0.4 is 10.1 Å². The zero-order valence-electron chi connectivity index (χ0n) is 11.4. The number of ether oxygens (including phenoxy) is 1. The fraction of sp³-hybridized carbons (Fsp3) is 0.333. The Bertz CT molecular complexity index is 587. The summed E-state index contributed by atoms with van der Waals surface area (Å²) in [5.41, 5.74) is 1.09. The second-order valence-corrected chi connectivity index (χ2v) is 4.27. The monoisotopic (exact) mass is 271 g/mol. The summed E-state index contributed by atoms with van der Waals surface area (Å²) in [6.45, 7) is 3.37. The van der Waals surface area contributed by atoms with Crippen molar-refractivity contribution in [3.63, 3.8) is 0 Å². The van der Waals surface area contributed by atoms with E-state index < -0.39 is 0 Å². The molecule has 5 nitrogen and oxygen atoms in total. The van der Waals surface area contributed by atoms with Gasteiger partial charge in [0.05, 0.1) is 12.7 Å². The first kappa shape index (κ1) is 14.1. The van der Waals surface area contributed by atoms with E-state index in [0.717, 1.165) is 17.7 Å². The average molecular weight is 271 g/mol. The minimum Gasteiger partial charge on any atom is -0.479 e. The van der Waals surface area contributed by atoms with Crippen LogP contribution >= 0.6 is 0 Å². The molecule has 0 bridgehead atoms. The molecule has 2 rings (SSSR count). The summed E-state index contributed by atoms with van der Waals surface area (Å²) in [7, 11) is 0. The number of aromatic nitrogens is 1. The number of aryl methyl sites for hydroxylation is 1. The zero-order chi connectivity index (χ0) is 14.2. The molecule has 0 saturated heterocycles. The van der Waals surface area contributed by atoms with E-state index in [2.05, 4.69) is 10.3 Å². The summed E-state index contributed by atoms with van der Waals surface area (Å²) in [6, 6.07) is 9.61. The Morgan fingerprint density at radius 1 is 1.40 bits per heavy atom. The van der Waals surface area contributed by atoms with E-state index in [1.54, 1.807) is 6.20 Å². The number of nitrogens with one attached hydrogen (secondary N) is 1. The molecule has 0 saturated carbocycles. The summed E-state index contributed by atoms with van der Waals surface area (Å²) < 4.78 is 10.8. The maximum atomic E-state index is 8.48. The normalized spacial score (nSPS) is 10.2. The number of benzene rings is 1. The highest BCUT2D eigenvalue weighted by atomic mass is 16.5. The number of oxazole rings is 1. The maximum Gasteiger partial charge on any atom is 0.208 e. The first-order chi connectivity index (χ1) is 9.81. The summed E-state index contributed by atoms with van der Waals surface area (Å²) >= 11 is 0. The van der Waals surface area contributed by atoms with Crippen molar-refractivity contribution in [2.24, 2.45) is 0 Å². The van der Waals surface area contributed by atoms with Gasteiger partial charge in [-0.1, -0.05) is 19.1 Å². The fourth-order valence-electron chi connectivity index (χ4n) is 1.77. The lowest BCUT2D eigenvalue weighted by atomic mass is 10.2. The first-order valence-corrected chi connectivity index (χ1v) is 6.54. The Labute approximate surface area is 118 Å². The zero-order valence-corrected chi connectivity index (χ0v) is 11.4. The van der Waals surface area contributed by atoms with E-state index in [-0.39, 0.29) is 6.61 Å². The van der Waals surface area contributed by atoms with E-state index in [1.165, 1.54) is 0 Å². The molecule has 1 heterocycles. The van der Waals surface area contributed by atoms with Crippen molar-refractivity contribution in [2.75, 3.05) is 6.61 Å². The van der Waals surface area contributed by atoms with E-state index in [1.807, 2.05) is 37.3 Å². The minimum atomic E-state index is 0.0625. The van der Waals surface area contributed by atoms with Crippen LogP contribution in [0.1, 0.15) is 24.1 Å². The van der Waals surface area contributed by atoms with Crippen molar-refractivity contribution in [1.82, 2.24) is 10.3 Å². The van der Waals surface area contributed by atoms with Gasteiger partial charge in [-0.3, -0.25) is 0 Å². The first-order valence-electron chi connectivity index (χ1n) is 6.54. The third kappa shape index (κ3) is 4.11. The van der Waals surface area contributed by atoms with Crippen LogP contribution in [0.4, 0.5) is 0 Å². The number of rotatable bonds is 7. The highest BCUT2D eigenvalue weighted by Crippen LogP contribution is 2.13. The molecule has 0 spiro atoms. The highest BCUT2D eigenvalue weighted by Gasteiger charge is 2.02. The topological polar surface area (TPSA) is 71.1 Å². The molecule has 0 aliphatic heterocycles. The molecule has 20 heavy (non-hydrogen) atoms. The Morgan fingerprint density at radius 2 is 2.30 bits per heavy atom. The molecular weight excluding hydrogens is 254 g/mol. The van der Waals surface area contributed by atoms with Crippen molar-refractivity contribution < 1.29 is 9.15 Å². The van der Waals surface area contributed by atoms with E-state index in [0.29, 0.717) is 24.7 Å². The summed E-state index contributed by atoms with van der Waals surface area (Å²) in [6.07, 6.45) is 2.61. The molecule has 104 valence electrons. The van der Waals surface area contributed by atoms with Gasteiger partial charge in [-0.25, -0.2) is 4.98 Å². The van der Waals surface area contributed by atoms with Crippen LogP contribution in [0.2, 0.25) is 0 Å². The molecule has 0 fully saturated rings. The van der Waals surface area contributed by atoms with Crippen molar-refractivity contribution in [2.45, 2.75) is 26.4 Å². The third-order valence-corrected chi connectivity index (χ3v) is 2.76. The summed E-state index contributed by atoms with van der Waals surface area (Å²) in [4.78, 5) is 4.19. The van der Waals surface area contributed by atoms with E-state index in [9.17, 15) is 0 Å². The largest absolute Gasteiger partial charge is 0.479 e. The second kappa shape index (κ2) is 7.31. The number of nitriles is 1. The molecule has 0 aliphatic carbocycles. The molecule has 0 atom stereocenters. The van der Waals surface area contributed by atoms with Gasteiger partial charge in [-0.05, 0) is 17.7 Å². The van der Waals surface area contributed by atoms with Gasteiger partial charge in [0.1, 0.15) is 17.6 Å². The lowest BCUT2D eigenvalue weighted by molar-refractivity contribution is 0.367. The molecule has 1 aromatic heterocycles. The maximum absolute atomic E-state index is 8.48. The molecule has 2 aromatic rings. The number of nitrogens with zero attached hydrogens (tertiary/aromatic N) is 2. The Hall–Kier alpha value is -2.32. The fourth-order valence-corrected chi connectivity index (χ4v) is 1.77. The van der Waals surface area contributed by atoms with Crippen molar-refractivity contribution in [3.05, 3.63) is 47.7 Å². The minimum absolute atomic E-state index is 0.0625. The van der Waals surface area contributed by atoms with Crippen molar-refractivity contribution in [1.29, 1.82) is 5.26 Å². The Balaban J connectivity index is 1.83. The smallest absolute Gasteiger partial charge is 0.208 e. The lowest BCUT2D eigenvalue weighted by Crippen LogP contribution is -2.12. The summed E-state index contributed by atoms with van der Waals surface area (Å²) in [5, 5.41) is 11.7. The van der Waals surface area contributed by atoms with Gasteiger partial charge >= 0.3 is 0 Å². The number of hydrogen-bond acceptors (Lipinski definition) is 5. The van der Waals surface area contributed by atoms with Crippen LogP contribution in [0.15, 0.2) is 34.9 Å². The molecule has 5 heteroatoms. The highest BCUT2D eigenvalue weighted by molar-refractivity contribution is 5.28. The standard InChI is InChI=1S/C15H17N3O2/c1-2-13-10-18-15(20-13)11-17-9-12-4-3-5-14(8-12)19-7-6-16/h3-5,8,10,17H,2,7,9,11H2,1H3. The lowest BCUT2D eigenvalue weighted by Gasteiger charge is -2.06. The third-order valence-electron chi connectivity index (χ3n) is 2.76. The van der Waals surface area contributed by atoms with Gasteiger partial charge in [0, 0.05) is 13.0 Å². The Morgan fingerprint density at radius 3 is 3.05 bits per heavy atom. The molecule has 0 unspecified atom stereocenters. The molecule has 0 radical (unpaired) electrons. The van der Waals surface area contributed by atoms with E-state index >= 15 is 0 Å². The summed E-state index contributed by atoms with van der Waals surface area (Å²) in [5.74, 6) is 2.29. The molecule has 1 aromatic carbocycles.